The van der Waals surface area contributed by atoms with Crippen molar-refractivity contribution in [2.45, 2.75) is 96.8 Å². The molecule has 0 N–H and O–H groups in total. The molecule has 1 saturated carbocycles. The summed E-state index contributed by atoms with van der Waals surface area (Å²) in [6.07, 6.45) is 20.5. The Bertz CT molecular complexity index is 131. The first-order chi connectivity index (χ1) is 7.93. The maximum atomic E-state index is 2.29. The van der Waals surface area contributed by atoms with Crippen LogP contribution in [0.15, 0.2) is 0 Å². The summed E-state index contributed by atoms with van der Waals surface area (Å²) < 4.78 is 0. The van der Waals surface area contributed by atoms with Crippen LogP contribution in [-0.4, -0.2) is 0 Å². The highest BCUT2D eigenvalue weighted by molar-refractivity contribution is 4.90. The van der Waals surface area contributed by atoms with Crippen molar-refractivity contribution in [3.63, 3.8) is 0 Å². The quantitative estimate of drug-likeness (QED) is 0.347. The summed E-state index contributed by atoms with van der Waals surface area (Å²) in [5, 5.41) is 0. The number of unbranched alkanes of at least 4 members (excludes halogenated alkanes) is 6. The first kappa shape index (κ1) is 14.1. The van der Waals surface area contributed by atoms with E-state index < -0.39 is 0 Å². The lowest BCUT2D eigenvalue weighted by molar-refractivity contribution is 0.557. The molecule has 0 aliphatic heterocycles. The summed E-state index contributed by atoms with van der Waals surface area (Å²) in [6.45, 7) is 2.29. The predicted octanol–water partition coefficient (Wildman–Crippen LogP) is 6.06. The Morgan fingerprint density at radius 3 is 1.88 bits per heavy atom. The third-order valence-electron chi connectivity index (χ3n) is 3.94. The second-order valence-corrected chi connectivity index (χ2v) is 5.54. The van der Waals surface area contributed by atoms with Crippen LogP contribution in [-0.2, 0) is 0 Å². The number of rotatable bonds is 8. The molecule has 16 heavy (non-hydrogen) atoms. The average Bonchev–Trinajstić information content (AvgIpc) is 2.56. The molecule has 0 spiro atoms. The molecule has 0 bridgehead atoms. The third-order valence-corrected chi connectivity index (χ3v) is 3.94. The maximum Gasteiger partial charge on any atom is -0.0241 e. The van der Waals surface area contributed by atoms with Gasteiger partial charge in [0.05, 0.1) is 0 Å². The summed E-state index contributed by atoms with van der Waals surface area (Å²) in [6, 6.07) is 0. The Balaban J connectivity index is 1.86. The first-order valence-corrected chi connectivity index (χ1v) is 7.77. The molecule has 1 aliphatic rings. The fourth-order valence-corrected chi connectivity index (χ4v) is 2.81. The standard InChI is InChI=1S/C16H31/c1-2-3-4-5-6-7-10-13-16-14-11-8-9-12-15-16/h2-15H2,1H3. The van der Waals surface area contributed by atoms with Crippen LogP contribution in [0.4, 0.5) is 0 Å². The fraction of sp³-hybridized carbons (Fsp3) is 0.938. The van der Waals surface area contributed by atoms with E-state index in [2.05, 4.69) is 6.92 Å². The van der Waals surface area contributed by atoms with Gasteiger partial charge in [-0.05, 0) is 25.2 Å². The molecule has 0 atom stereocenters. The van der Waals surface area contributed by atoms with Crippen molar-refractivity contribution >= 4 is 0 Å². The fourth-order valence-electron chi connectivity index (χ4n) is 2.81. The Morgan fingerprint density at radius 2 is 1.25 bits per heavy atom. The first-order valence-electron chi connectivity index (χ1n) is 7.77. The summed E-state index contributed by atoms with van der Waals surface area (Å²) in [7, 11) is 0. The van der Waals surface area contributed by atoms with E-state index >= 15 is 0 Å². The van der Waals surface area contributed by atoms with Crippen molar-refractivity contribution in [3.8, 4) is 0 Å². The lowest BCUT2D eigenvalue weighted by Gasteiger charge is -2.12. The van der Waals surface area contributed by atoms with E-state index in [1.807, 2.05) is 5.92 Å². The monoisotopic (exact) mass is 223 g/mol. The summed E-state index contributed by atoms with van der Waals surface area (Å²) in [4.78, 5) is 0. The highest BCUT2D eigenvalue weighted by Gasteiger charge is 2.11. The Morgan fingerprint density at radius 1 is 0.688 bits per heavy atom. The van der Waals surface area contributed by atoms with Crippen LogP contribution in [0.5, 0.6) is 0 Å². The Labute approximate surface area is 103 Å². The van der Waals surface area contributed by atoms with Crippen molar-refractivity contribution in [1.29, 1.82) is 0 Å². The van der Waals surface area contributed by atoms with Gasteiger partial charge in [0.1, 0.15) is 0 Å². The molecule has 0 nitrogen and oxygen atoms in total. The van der Waals surface area contributed by atoms with Gasteiger partial charge in [-0.1, -0.05) is 77.6 Å². The minimum atomic E-state index is 1.37. The van der Waals surface area contributed by atoms with Crippen LogP contribution >= 0.6 is 0 Å². The van der Waals surface area contributed by atoms with E-state index in [1.54, 1.807) is 0 Å². The van der Waals surface area contributed by atoms with Gasteiger partial charge in [-0.2, -0.15) is 0 Å². The molecule has 1 radical (unpaired) electrons. The second kappa shape index (κ2) is 10.2. The molecule has 0 amide bonds. The average molecular weight is 223 g/mol. The van der Waals surface area contributed by atoms with Crippen molar-refractivity contribution in [2.75, 3.05) is 0 Å². The molecule has 95 valence electrons. The minimum Gasteiger partial charge on any atom is -0.0654 e. The van der Waals surface area contributed by atoms with Gasteiger partial charge in [-0.15, -0.1) is 0 Å². The molecule has 1 aliphatic carbocycles. The molecule has 0 heterocycles. The highest BCUT2D eigenvalue weighted by Crippen LogP contribution is 2.29. The molecular weight excluding hydrogens is 192 g/mol. The summed E-state index contributed by atoms with van der Waals surface area (Å²) >= 11 is 0. The van der Waals surface area contributed by atoms with Gasteiger partial charge in [-0.3, -0.25) is 0 Å². The zero-order chi connectivity index (χ0) is 11.5. The van der Waals surface area contributed by atoms with E-state index in [4.69, 9.17) is 0 Å². The van der Waals surface area contributed by atoms with Crippen LogP contribution in [0.2, 0.25) is 0 Å². The van der Waals surface area contributed by atoms with E-state index in [0.717, 1.165) is 0 Å². The van der Waals surface area contributed by atoms with Crippen LogP contribution in [0, 0.1) is 5.92 Å². The lowest BCUT2D eigenvalue weighted by Crippen LogP contribution is -1.95. The van der Waals surface area contributed by atoms with Gasteiger partial charge in [0, 0.05) is 0 Å². The SMILES string of the molecule is CCCCCCCCC[C]1CCCCCC1. The number of hydrogen-bond acceptors (Lipinski definition) is 0. The van der Waals surface area contributed by atoms with Gasteiger partial charge in [0.25, 0.3) is 0 Å². The van der Waals surface area contributed by atoms with Gasteiger partial charge in [-0.25, -0.2) is 0 Å². The van der Waals surface area contributed by atoms with Crippen LogP contribution in [0.3, 0.4) is 0 Å². The van der Waals surface area contributed by atoms with E-state index in [-0.39, 0.29) is 0 Å². The highest BCUT2D eigenvalue weighted by atomic mass is 14.2. The second-order valence-electron chi connectivity index (χ2n) is 5.54. The molecule has 1 rings (SSSR count). The van der Waals surface area contributed by atoms with Crippen molar-refractivity contribution in [2.24, 2.45) is 0 Å². The molecular formula is C16H31. The molecule has 0 unspecified atom stereocenters. The Hall–Kier alpha value is 0. The van der Waals surface area contributed by atoms with Gasteiger partial charge >= 0.3 is 0 Å². The van der Waals surface area contributed by atoms with Crippen LogP contribution in [0.25, 0.3) is 0 Å². The van der Waals surface area contributed by atoms with Gasteiger partial charge in [0.2, 0.25) is 0 Å². The normalized spacial score (nSPS) is 18.6. The molecule has 1 fully saturated rings. The summed E-state index contributed by atoms with van der Waals surface area (Å²) in [5.41, 5.74) is 0. The predicted molar refractivity (Wildman–Crippen MR) is 73.6 cm³/mol. The Kier molecular flexibility index (Phi) is 8.94. The minimum absolute atomic E-state index is 1.37. The topological polar surface area (TPSA) is 0 Å². The van der Waals surface area contributed by atoms with Crippen molar-refractivity contribution in [3.05, 3.63) is 5.92 Å². The maximum absolute atomic E-state index is 2.29. The molecule has 0 aromatic rings. The molecule has 0 aromatic heterocycles. The number of hydrogen-bond donors (Lipinski definition) is 0. The summed E-state index contributed by atoms with van der Waals surface area (Å²) in [5.74, 6) is 1.89. The lowest BCUT2D eigenvalue weighted by atomic mass is 9.93. The third kappa shape index (κ3) is 7.30. The zero-order valence-electron chi connectivity index (χ0n) is 11.4. The van der Waals surface area contributed by atoms with Crippen molar-refractivity contribution < 1.29 is 0 Å². The van der Waals surface area contributed by atoms with Gasteiger partial charge in [0.15, 0.2) is 0 Å². The van der Waals surface area contributed by atoms with E-state index in [1.165, 1.54) is 89.9 Å². The van der Waals surface area contributed by atoms with Crippen LogP contribution in [0.1, 0.15) is 96.8 Å². The largest absolute Gasteiger partial charge is 0.0654 e. The smallest absolute Gasteiger partial charge is 0.0241 e. The van der Waals surface area contributed by atoms with E-state index in [9.17, 15) is 0 Å². The molecule has 0 heteroatoms. The zero-order valence-corrected chi connectivity index (χ0v) is 11.4. The van der Waals surface area contributed by atoms with Crippen molar-refractivity contribution in [1.82, 2.24) is 0 Å². The molecule has 0 aromatic carbocycles. The van der Waals surface area contributed by atoms with E-state index in [0.29, 0.717) is 0 Å². The van der Waals surface area contributed by atoms with Crippen LogP contribution < -0.4 is 0 Å². The molecule has 0 saturated heterocycles. The van der Waals surface area contributed by atoms with Gasteiger partial charge < -0.3 is 0 Å².